The van der Waals surface area contributed by atoms with Crippen LogP contribution in [0.15, 0.2) is 21.5 Å². The van der Waals surface area contributed by atoms with Crippen molar-refractivity contribution >= 4 is 37.6 Å². The first-order chi connectivity index (χ1) is 9.19. The Morgan fingerprint density at radius 3 is 2.70 bits per heavy atom. The maximum Gasteiger partial charge on any atom is 0.323 e. The summed E-state index contributed by atoms with van der Waals surface area (Å²) in [5.41, 5.74) is 5.59. The van der Waals surface area contributed by atoms with Gasteiger partial charge in [-0.25, -0.2) is 12.8 Å². The summed E-state index contributed by atoms with van der Waals surface area (Å²) in [6.07, 6.45) is 0. The van der Waals surface area contributed by atoms with Gasteiger partial charge in [-0.2, -0.15) is 4.72 Å². The van der Waals surface area contributed by atoms with Crippen LogP contribution in [0.25, 0.3) is 0 Å². The number of carbonyl (C=O) groups excluding carboxylic acids is 1. The molecule has 20 heavy (non-hydrogen) atoms. The molecule has 0 aromatic heterocycles. The number of nitrogens with two attached hydrogens (primary N) is 1. The summed E-state index contributed by atoms with van der Waals surface area (Å²) in [4.78, 5) is 10.8. The second-order valence-corrected chi connectivity index (χ2v) is 6.44. The third-order valence-electron chi connectivity index (χ3n) is 2.31. The van der Waals surface area contributed by atoms with Crippen LogP contribution in [0.1, 0.15) is 13.8 Å². The van der Waals surface area contributed by atoms with Crippen LogP contribution in [0.2, 0.25) is 0 Å². The minimum atomic E-state index is -4.22. The van der Waals surface area contributed by atoms with Crippen LogP contribution in [-0.4, -0.2) is 27.0 Å². The molecule has 0 saturated heterocycles. The molecule has 0 amide bonds. The molecular weight excluding hydrogens is 355 g/mol. The average molecular weight is 369 g/mol. The molecule has 0 bridgehead atoms. The second-order valence-electron chi connectivity index (χ2n) is 3.90. The van der Waals surface area contributed by atoms with Gasteiger partial charge >= 0.3 is 5.97 Å². The van der Waals surface area contributed by atoms with Crippen LogP contribution in [-0.2, 0) is 19.6 Å². The van der Waals surface area contributed by atoms with Gasteiger partial charge in [0.15, 0.2) is 0 Å². The zero-order chi connectivity index (χ0) is 15.5. The van der Waals surface area contributed by atoms with Crippen molar-refractivity contribution in [3.8, 4) is 0 Å². The van der Waals surface area contributed by atoms with Crippen LogP contribution in [0.3, 0.4) is 0 Å². The lowest BCUT2D eigenvalue weighted by atomic mass is 10.3. The second kappa shape index (κ2) is 6.51. The predicted octanol–water partition coefficient (Wildman–Crippen LogP) is 1.40. The molecular formula is C11H14BrFN2O4S. The van der Waals surface area contributed by atoms with Crippen molar-refractivity contribution in [2.45, 2.75) is 24.8 Å². The molecule has 0 spiro atoms. The highest BCUT2D eigenvalue weighted by Crippen LogP contribution is 2.26. The van der Waals surface area contributed by atoms with Crippen LogP contribution >= 0.6 is 15.9 Å². The third kappa shape index (κ3) is 3.90. The Bertz CT molecular complexity index is 621. The lowest BCUT2D eigenvalue weighted by molar-refractivity contribution is -0.144. The van der Waals surface area contributed by atoms with E-state index in [0.717, 1.165) is 12.1 Å². The van der Waals surface area contributed by atoms with E-state index < -0.39 is 32.7 Å². The SMILES string of the molecule is CCOC(=O)C(C)NS(=O)(=O)c1cc(N)c(Br)cc1F. The summed E-state index contributed by atoms with van der Waals surface area (Å²) in [7, 11) is -4.22. The maximum absolute atomic E-state index is 13.7. The number of hydrogen-bond donors (Lipinski definition) is 2. The monoisotopic (exact) mass is 368 g/mol. The molecule has 1 rings (SSSR count). The smallest absolute Gasteiger partial charge is 0.323 e. The number of carbonyl (C=O) groups is 1. The quantitative estimate of drug-likeness (QED) is 0.604. The first kappa shape index (κ1) is 16.9. The number of sulfonamides is 1. The van der Waals surface area contributed by atoms with Crippen LogP contribution in [0.4, 0.5) is 10.1 Å². The Kier molecular flexibility index (Phi) is 5.49. The van der Waals surface area contributed by atoms with E-state index >= 15 is 0 Å². The van der Waals surface area contributed by atoms with Crippen molar-refractivity contribution < 1.29 is 22.3 Å². The topological polar surface area (TPSA) is 98.5 Å². The molecule has 3 N–H and O–H groups in total. The molecule has 1 aromatic rings. The molecule has 0 heterocycles. The Morgan fingerprint density at radius 2 is 2.15 bits per heavy atom. The minimum absolute atomic E-state index is 0.0653. The number of benzene rings is 1. The van der Waals surface area contributed by atoms with Crippen molar-refractivity contribution in [1.82, 2.24) is 4.72 Å². The number of halogens is 2. The van der Waals surface area contributed by atoms with Gasteiger partial charge < -0.3 is 10.5 Å². The van der Waals surface area contributed by atoms with Gasteiger partial charge in [0.1, 0.15) is 16.8 Å². The fourth-order valence-corrected chi connectivity index (χ4v) is 2.96. The molecule has 1 unspecified atom stereocenters. The van der Waals surface area contributed by atoms with Gasteiger partial charge in [0.2, 0.25) is 10.0 Å². The molecule has 0 aliphatic heterocycles. The molecule has 0 aliphatic rings. The number of hydrogen-bond acceptors (Lipinski definition) is 5. The molecule has 0 radical (unpaired) electrons. The van der Waals surface area contributed by atoms with Crippen molar-refractivity contribution in [3.63, 3.8) is 0 Å². The van der Waals surface area contributed by atoms with E-state index in [1.54, 1.807) is 6.92 Å². The Hall–Kier alpha value is -1.19. The molecule has 9 heteroatoms. The maximum atomic E-state index is 13.7. The number of nitrogen functional groups attached to an aromatic ring is 1. The van der Waals surface area contributed by atoms with Crippen molar-refractivity contribution in [3.05, 3.63) is 22.4 Å². The molecule has 0 aliphatic carbocycles. The van der Waals surface area contributed by atoms with Gasteiger partial charge in [0.05, 0.1) is 6.61 Å². The van der Waals surface area contributed by atoms with Crippen LogP contribution < -0.4 is 10.5 Å². The van der Waals surface area contributed by atoms with E-state index in [4.69, 9.17) is 5.73 Å². The molecule has 112 valence electrons. The summed E-state index contributed by atoms with van der Waals surface area (Å²) in [5.74, 6) is -1.73. The number of anilines is 1. The van der Waals surface area contributed by atoms with E-state index in [9.17, 15) is 17.6 Å². The third-order valence-corrected chi connectivity index (χ3v) is 4.56. The molecule has 0 saturated carbocycles. The summed E-state index contributed by atoms with van der Waals surface area (Å²) in [6.45, 7) is 3.01. The van der Waals surface area contributed by atoms with Crippen LogP contribution in [0, 0.1) is 5.82 Å². The molecule has 6 nitrogen and oxygen atoms in total. The molecule has 0 fully saturated rings. The summed E-state index contributed by atoms with van der Waals surface area (Å²) >= 11 is 2.99. The highest BCUT2D eigenvalue weighted by molar-refractivity contribution is 9.10. The zero-order valence-electron chi connectivity index (χ0n) is 10.8. The van der Waals surface area contributed by atoms with Crippen molar-refractivity contribution in [1.29, 1.82) is 0 Å². The van der Waals surface area contributed by atoms with Crippen LogP contribution in [0.5, 0.6) is 0 Å². The predicted molar refractivity (Wildman–Crippen MR) is 74.9 cm³/mol. The summed E-state index contributed by atoms with van der Waals surface area (Å²) in [6, 6.07) is 0.780. The van der Waals surface area contributed by atoms with E-state index in [0.29, 0.717) is 0 Å². The number of nitrogens with one attached hydrogen (secondary N) is 1. The fourth-order valence-electron chi connectivity index (χ4n) is 1.36. The largest absolute Gasteiger partial charge is 0.465 e. The lowest BCUT2D eigenvalue weighted by Crippen LogP contribution is -2.39. The molecule has 1 aromatic carbocycles. The Morgan fingerprint density at radius 1 is 1.55 bits per heavy atom. The fraction of sp³-hybridized carbons (Fsp3) is 0.364. The van der Waals surface area contributed by atoms with Gasteiger partial charge in [0.25, 0.3) is 0 Å². The average Bonchev–Trinajstić information content (AvgIpc) is 2.33. The first-order valence-electron chi connectivity index (χ1n) is 5.62. The normalized spacial score (nSPS) is 13.0. The van der Waals surface area contributed by atoms with E-state index in [2.05, 4.69) is 20.7 Å². The Balaban J connectivity index is 3.06. The van der Waals surface area contributed by atoms with Crippen molar-refractivity contribution in [2.24, 2.45) is 0 Å². The van der Waals surface area contributed by atoms with Gasteiger partial charge in [-0.3, -0.25) is 4.79 Å². The van der Waals surface area contributed by atoms with E-state index in [-0.39, 0.29) is 16.8 Å². The standard InChI is InChI=1S/C11H14BrFN2O4S/c1-3-19-11(16)6(2)15-20(17,18)10-5-9(14)7(12)4-8(10)13/h4-6,15H,3,14H2,1-2H3. The highest BCUT2D eigenvalue weighted by Gasteiger charge is 2.26. The van der Waals surface area contributed by atoms with E-state index in [1.807, 2.05) is 4.72 Å². The van der Waals surface area contributed by atoms with E-state index in [1.165, 1.54) is 6.92 Å². The number of rotatable bonds is 5. The Labute approximate surface area is 124 Å². The summed E-state index contributed by atoms with van der Waals surface area (Å²) < 4.78 is 44.7. The van der Waals surface area contributed by atoms with Gasteiger partial charge in [0, 0.05) is 10.2 Å². The molecule has 1 atom stereocenters. The lowest BCUT2D eigenvalue weighted by Gasteiger charge is -2.14. The number of ether oxygens (including phenoxy) is 1. The van der Waals surface area contributed by atoms with Crippen molar-refractivity contribution in [2.75, 3.05) is 12.3 Å². The highest BCUT2D eigenvalue weighted by atomic mass is 79.9. The first-order valence-corrected chi connectivity index (χ1v) is 7.90. The summed E-state index contributed by atoms with van der Waals surface area (Å²) in [5, 5.41) is 0. The zero-order valence-corrected chi connectivity index (χ0v) is 13.2. The number of esters is 1. The van der Waals surface area contributed by atoms with Gasteiger partial charge in [-0.05, 0) is 41.9 Å². The van der Waals surface area contributed by atoms with Gasteiger partial charge in [-0.1, -0.05) is 0 Å². The van der Waals surface area contributed by atoms with Gasteiger partial charge in [-0.15, -0.1) is 0 Å². The minimum Gasteiger partial charge on any atom is -0.465 e.